The maximum Gasteiger partial charge on any atom is 0.274 e. The van der Waals surface area contributed by atoms with Gasteiger partial charge in [-0.05, 0) is 31.5 Å². The Bertz CT molecular complexity index is 893. The fraction of sp³-hybridized carbons (Fsp3) is 0.222. The van der Waals surface area contributed by atoms with Crippen LogP contribution in [0.25, 0.3) is 5.65 Å². The highest BCUT2D eigenvalue weighted by Crippen LogP contribution is 2.26. The second-order valence-corrected chi connectivity index (χ2v) is 5.53. The molecule has 0 aliphatic carbocycles. The van der Waals surface area contributed by atoms with Crippen LogP contribution in [0.4, 0.5) is 5.69 Å². The number of methoxy groups -OCH3 is 2. The maximum absolute atomic E-state index is 12.7. The number of carbonyl (C=O) groups is 1. The van der Waals surface area contributed by atoms with Gasteiger partial charge in [0.2, 0.25) is 0 Å². The lowest BCUT2D eigenvalue weighted by molar-refractivity contribution is 0.102. The molecule has 0 saturated heterocycles. The highest BCUT2D eigenvalue weighted by Gasteiger charge is 2.17. The summed E-state index contributed by atoms with van der Waals surface area (Å²) in [6.45, 7) is 3.82. The smallest absolute Gasteiger partial charge is 0.274 e. The SMILES string of the molecule is COc1cc(NC(=O)c2c(C)nc3cc(C)ccn23)cc(OC)c1. The van der Waals surface area contributed by atoms with E-state index in [0.29, 0.717) is 28.6 Å². The zero-order valence-electron chi connectivity index (χ0n) is 14.1. The third kappa shape index (κ3) is 2.90. The summed E-state index contributed by atoms with van der Waals surface area (Å²) in [5, 5.41) is 2.88. The monoisotopic (exact) mass is 325 g/mol. The summed E-state index contributed by atoms with van der Waals surface area (Å²) < 4.78 is 12.2. The number of carbonyl (C=O) groups excluding carboxylic acids is 1. The van der Waals surface area contributed by atoms with E-state index in [0.717, 1.165) is 11.2 Å². The Labute approximate surface area is 140 Å². The Morgan fingerprint density at radius 1 is 1.08 bits per heavy atom. The number of nitrogens with zero attached hydrogens (tertiary/aromatic N) is 2. The molecular formula is C18H19N3O3. The fourth-order valence-corrected chi connectivity index (χ4v) is 2.61. The van der Waals surface area contributed by atoms with Gasteiger partial charge in [0.15, 0.2) is 0 Å². The van der Waals surface area contributed by atoms with Gasteiger partial charge in [0.05, 0.1) is 19.9 Å². The Morgan fingerprint density at radius 2 is 1.75 bits per heavy atom. The first-order valence-electron chi connectivity index (χ1n) is 7.51. The van der Waals surface area contributed by atoms with E-state index in [1.54, 1.807) is 36.8 Å². The number of benzene rings is 1. The van der Waals surface area contributed by atoms with Crippen LogP contribution in [0.5, 0.6) is 11.5 Å². The van der Waals surface area contributed by atoms with Gasteiger partial charge < -0.3 is 14.8 Å². The minimum Gasteiger partial charge on any atom is -0.497 e. The van der Waals surface area contributed by atoms with Gasteiger partial charge in [-0.2, -0.15) is 0 Å². The number of hydrogen-bond acceptors (Lipinski definition) is 4. The van der Waals surface area contributed by atoms with Crippen LogP contribution >= 0.6 is 0 Å². The molecule has 24 heavy (non-hydrogen) atoms. The quantitative estimate of drug-likeness (QED) is 0.800. The van der Waals surface area contributed by atoms with Crippen molar-refractivity contribution >= 4 is 17.2 Å². The molecule has 3 aromatic rings. The first kappa shape index (κ1) is 15.9. The van der Waals surface area contributed by atoms with Crippen LogP contribution in [0.1, 0.15) is 21.7 Å². The molecule has 0 atom stereocenters. The first-order valence-corrected chi connectivity index (χ1v) is 7.51. The number of hydrogen-bond donors (Lipinski definition) is 1. The molecule has 0 saturated carbocycles. The summed E-state index contributed by atoms with van der Waals surface area (Å²) in [5.74, 6) is 0.976. The number of nitrogens with one attached hydrogen (secondary N) is 1. The number of amides is 1. The lowest BCUT2D eigenvalue weighted by Gasteiger charge is -2.10. The Kier molecular flexibility index (Phi) is 4.12. The normalized spacial score (nSPS) is 10.7. The number of anilines is 1. The Balaban J connectivity index is 1.97. The molecule has 1 N–H and O–H groups in total. The third-order valence-corrected chi connectivity index (χ3v) is 3.78. The van der Waals surface area contributed by atoms with E-state index >= 15 is 0 Å². The number of fused-ring (bicyclic) bond motifs is 1. The molecule has 2 aromatic heterocycles. The van der Waals surface area contributed by atoms with Gasteiger partial charge in [0, 0.05) is 30.1 Å². The molecule has 124 valence electrons. The zero-order chi connectivity index (χ0) is 17.3. The molecule has 6 nitrogen and oxygen atoms in total. The lowest BCUT2D eigenvalue weighted by atomic mass is 10.2. The highest BCUT2D eigenvalue weighted by atomic mass is 16.5. The summed E-state index contributed by atoms with van der Waals surface area (Å²) in [4.78, 5) is 17.2. The van der Waals surface area contributed by atoms with E-state index < -0.39 is 0 Å². The van der Waals surface area contributed by atoms with Gasteiger partial charge in [-0.1, -0.05) is 0 Å². The number of ether oxygens (including phenoxy) is 2. The van der Waals surface area contributed by atoms with Crippen LogP contribution in [-0.2, 0) is 0 Å². The number of aryl methyl sites for hydroxylation is 2. The summed E-state index contributed by atoms with van der Waals surface area (Å²) in [7, 11) is 3.13. The molecule has 0 aliphatic rings. The van der Waals surface area contributed by atoms with Crippen molar-refractivity contribution in [2.75, 3.05) is 19.5 Å². The van der Waals surface area contributed by atoms with E-state index in [1.165, 1.54) is 0 Å². The largest absolute Gasteiger partial charge is 0.497 e. The average molecular weight is 325 g/mol. The van der Waals surface area contributed by atoms with Crippen LogP contribution in [0, 0.1) is 13.8 Å². The van der Waals surface area contributed by atoms with Crippen LogP contribution in [0.15, 0.2) is 36.5 Å². The second kappa shape index (κ2) is 6.23. The molecule has 0 radical (unpaired) electrons. The van der Waals surface area contributed by atoms with E-state index in [2.05, 4.69) is 10.3 Å². The molecule has 1 amide bonds. The summed E-state index contributed by atoms with van der Waals surface area (Å²) in [6.07, 6.45) is 1.85. The molecule has 0 unspecified atom stereocenters. The van der Waals surface area contributed by atoms with Crippen LogP contribution in [0.2, 0.25) is 0 Å². The van der Waals surface area contributed by atoms with E-state index in [-0.39, 0.29) is 5.91 Å². The Morgan fingerprint density at radius 3 is 2.38 bits per heavy atom. The van der Waals surface area contributed by atoms with Crippen LogP contribution in [0.3, 0.4) is 0 Å². The molecule has 6 heteroatoms. The van der Waals surface area contributed by atoms with Crippen molar-refractivity contribution in [3.05, 3.63) is 53.5 Å². The van der Waals surface area contributed by atoms with Crippen molar-refractivity contribution in [1.29, 1.82) is 0 Å². The molecular weight excluding hydrogens is 306 g/mol. The standard InChI is InChI=1S/C18H19N3O3/c1-11-5-6-21-16(7-11)19-12(2)17(21)18(22)20-13-8-14(23-3)10-15(9-13)24-4/h5-10H,1-4H3,(H,20,22). The predicted octanol–water partition coefficient (Wildman–Crippen LogP) is 3.22. The molecule has 0 bridgehead atoms. The van der Waals surface area contributed by atoms with E-state index in [9.17, 15) is 4.79 Å². The second-order valence-electron chi connectivity index (χ2n) is 5.53. The molecule has 2 heterocycles. The maximum atomic E-state index is 12.7. The molecule has 0 spiro atoms. The Hall–Kier alpha value is -3.02. The molecule has 0 fully saturated rings. The van der Waals surface area contributed by atoms with Gasteiger partial charge in [-0.25, -0.2) is 4.98 Å². The summed E-state index contributed by atoms with van der Waals surface area (Å²) in [6, 6.07) is 9.11. The van der Waals surface area contributed by atoms with Crippen molar-refractivity contribution < 1.29 is 14.3 Å². The van der Waals surface area contributed by atoms with Gasteiger partial charge >= 0.3 is 0 Å². The van der Waals surface area contributed by atoms with E-state index in [4.69, 9.17) is 9.47 Å². The lowest BCUT2D eigenvalue weighted by Crippen LogP contribution is -2.15. The third-order valence-electron chi connectivity index (χ3n) is 3.78. The van der Waals surface area contributed by atoms with Gasteiger partial charge in [0.25, 0.3) is 5.91 Å². The number of imidazole rings is 1. The minimum absolute atomic E-state index is 0.237. The van der Waals surface area contributed by atoms with Crippen LogP contribution in [-0.4, -0.2) is 29.5 Å². The molecule has 3 rings (SSSR count). The molecule has 0 aliphatic heterocycles. The average Bonchev–Trinajstić information content (AvgIpc) is 2.89. The number of aromatic nitrogens is 2. The van der Waals surface area contributed by atoms with Crippen molar-refractivity contribution in [3.8, 4) is 11.5 Å². The molecule has 1 aromatic carbocycles. The van der Waals surface area contributed by atoms with Crippen molar-refractivity contribution in [2.45, 2.75) is 13.8 Å². The topological polar surface area (TPSA) is 64.9 Å². The van der Waals surface area contributed by atoms with Gasteiger partial charge in [-0.15, -0.1) is 0 Å². The predicted molar refractivity (Wildman–Crippen MR) is 92.2 cm³/mol. The number of rotatable bonds is 4. The van der Waals surface area contributed by atoms with E-state index in [1.807, 2.05) is 32.2 Å². The fourth-order valence-electron chi connectivity index (χ4n) is 2.61. The van der Waals surface area contributed by atoms with Crippen molar-refractivity contribution in [3.63, 3.8) is 0 Å². The summed E-state index contributed by atoms with van der Waals surface area (Å²) >= 11 is 0. The minimum atomic E-state index is -0.237. The number of pyridine rings is 1. The zero-order valence-corrected chi connectivity index (χ0v) is 14.1. The first-order chi connectivity index (χ1) is 11.5. The summed E-state index contributed by atoms with van der Waals surface area (Å²) in [5.41, 5.74) is 3.62. The van der Waals surface area contributed by atoms with Gasteiger partial charge in [0.1, 0.15) is 22.8 Å². The van der Waals surface area contributed by atoms with Crippen LogP contribution < -0.4 is 14.8 Å². The highest BCUT2D eigenvalue weighted by molar-refractivity contribution is 6.04. The van der Waals surface area contributed by atoms with Gasteiger partial charge in [-0.3, -0.25) is 9.20 Å². The van der Waals surface area contributed by atoms with Crippen molar-refractivity contribution in [2.24, 2.45) is 0 Å². The van der Waals surface area contributed by atoms with Crippen molar-refractivity contribution in [1.82, 2.24) is 9.38 Å².